The number of urea groups is 1. The van der Waals surface area contributed by atoms with E-state index in [0.29, 0.717) is 5.69 Å². The molecule has 2 amide bonds. The van der Waals surface area contributed by atoms with Crippen molar-refractivity contribution in [1.82, 2.24) is 5.32 Å². The van der Waals surface area contributed by atoms with Crippen molar-refractivity contribution in [2.24, 2.45) is 0 Å². The summed E-state index contributed by atoms with van der Waals surface area (Å²) in [6.45, 7) is 1.74. The van der Waals surface area contributed by atoms with E-state index in [-0.39, 0.29) is 13.0 Å². The first-order chi connectivity index (χ1) is 9.49. The summed E-state index contributed by atoms with van der Waals surface area (Å²) in [5.41, 5.74) is 1.83. The van der Waals surface area contributed by atoms with Crippen LogP contribution in [0.2, 0.25) is 0 Å². The molecule has 3 N–H and O–H groups in total. The number of carbonyl (C=O) groups is 2. The van der Waals surface area contributed by atoms with Gasteiger partial charge >= 0.3 is 12.0 Å². The van der Waals surface area contributed by atoms with Gasteiger partial charge in [-0.1, -0.05) is 19.1 Å². The van der Waals surface area contributed by atoms with Crippen LogP contribution in [0.15, 0.2) is 24.3 Å². The summed E-state index contributed by atoms with van der Waals surface area (Å²) in [6, 6.07) is 5.84. The van der Waals surface area contributed by atoms with Gasteiger partial charge in [0.15, 0.2) is 0 Å². The molecular formula is C14H20N2O4. The van der Waals surface area contributed by atoms with Crippen molar-refractivity contribution in [3.8, 4) is 0 Å². The van der Waals surface area contributed by atoms with Gasteiger partial charge < -0.3 is 15.5 Å². The lowest BCUT2D eigenvalue weighted by molar-refractivity contribution is -0.139. The summed E-state index contributed by atoms with van der Waals surface area (Å²) in [5.74, 6) is -1.16. The van der Waals surface area contributed by atoms with Gasteiger partial charge in [-0.2, -0.15) is 0 Å². The first-order valence-corrected chi connectivity index (χ1v) is 6.46. The molecule has 6 heteroatoms. The van der Waals surface area contributed by atoms with Gasteiger partial charge in [0.25, 0.3) is 0 Å². The Morgan fingerprint density at radius 2 is 1.90 bits per heavy atom. The van der Waals surface area contributed by atoms with Crippen LogP contribution in [-0.2, 0) is 11.2 Å². The number of carboxylic acids is 1. The standard InChI is InChI=1S/C14H20N2O4/c1-3-10-4-6-11(7-5-10)16(2)14(20)15-12(8-9-17)13(18)19/h4-7,12,17H,3,8-9H2,1-2H3,(H,15,20)(H,18,19). The molecule has 0 saturated carbocycles. The van der Waals surface area contributed by atoms with Crippen molar-refractivity contribution < 1.29 is 19.8 Å². The van der Waals surface area contributed by atoms with E-state index in [2.05, 4.69) is 5.32 Å². The third-order valence-corrected chi connectivity index (χ3v) is 3.05. The molecule has 1 aromatic rings. The highest BCUT2D eigenvalue weighted by Crippen LogP contribution is 2.14. The molecule has 1 atom stereocenters. The van der Waals surface area contributed by atoms with Gasteiger partial charge in [0, 0.05) is 25.8 Å². The predicted octanol–water partition coefficient (Wildman–Crippen LogP) is 1.23. The van der Waals surface area contributed by atoms with E-state index < -0.39 is 18.0 Å². The zero-order valence-electron chi connectivity index (χ0n) is 11.7. The fourth-order valence-corrected chi connectivity index (χ4v) is 1.70. The predicted molar refractivity (Wildman–Crippen MR) is 75.9 cm³/mol. The van der Waals surface area contributed by atoms with Crippen LogP contribution in [0.1, 0.15) is 18.9 Å². The number of amides is 2. The van der Waals surface area contributed by atoms with Crippen molar-refractivity contribution in [2.45, 2.75) is 25.8 Å². The van der Waals surface area contributed by atoms with Crippen LogP contribution < -0.4 is 10.2 Å². The topological polar surface area (TPSA) is 89.9 Å². The molecule has 1 unspecified atom stereocenters. The quantitative estimate of drug-likeness (QED) is 0.731. The van der Waals surface area contributed by atoms with E-state index in [4.69, 9.17) is 10.2 Å². The molecule has 0 aliphatic heterocycles. The molecule has 0 heterocycles. The SMILES string of the molecule is CCc1ccc(N(C)C(=O)NC(CCO)C(=O)O)cc1. The maximum absolute atomic E-state index is 12.0. The van der Waals surface area contributed by atoms with E-state index >= 15 is 0 Å². The maximum Gasteiger partial charge on any atom is 0.326 e. The van der Waals surface area contributed by atoms with Crippen LogP contribution >= 0.6 is 0 Å². The minimum absolute atomic E-state index is 0.0241. The number of nitrogens with one attached hydrogen (secondary N) is 1. The van der Waals surface area contributed by atoms with Crippen molar-refractivity contribution in [3.63, 3.8) is 0 Å². The number of anilines is 1. The molecule has 0 aliphatic carbocycles. The molecule has 110 valence electrons. The molecule has 1 rings (SSSR count). The molecule has 0 aromatic heterocycles. The van der Waals surface area contributed by atoms with E-state index in [0.717, 1.165) is 12.0 Å². The van der Waals surface area contributed by atoms with Crippen LogP contribution in [0.25, 0.3) is 0 Å². The largest absolute Gasteiger partial charge is 0.480 e. The molecule has 0 aliphatic rings. The van der Waals surface area contributed by atoms with E-state index in [1.54, 1.807) is 19.2 Å². The highest BCUT2D eigenvalue weighted by Gasteiger charge is 2.21. The minimum Gasteiger partial charge on any atom is -0.480 e. The number of hydrogen-bond donors (Lipinski definition) is 3. The minimum atomic E-state index is -1.16. The monoisotopic (exact) mass is 280 g/mol. The Balaban J connectivity index is 2.71. The average molecular weight is 280 g/mol. The Hall–Kier alpha value is -2.08. The average Bonchev–Trinajstić information content (AvgIpc) is 2.45. The van der Waals surface area contributed by atoms with Crippen molar-refractivity contribution in [1.29, 1.82) is 0 Å². The summed E-state index contributed by atoms with van der Waals surface area (Å²) in [5, 5.41) is 20.1. The van der Waals surface area contributed by atoms with Gasteiger partial charge in [0.05, 0.1) is 0 Å². The molecule has 0 saturated heterocycles. The van der Waals surface area contributed by atoms with Crippen LogP contribution in [0.3, 0.4) is 0 Å². The van der Waals surface area contributed by atoms with Crippen LogP contribution in [0, 0.1) is 0 Å². The Kier molecular flexibility index (Phi) is 5.99. The number of hydrogen-bond acceptors (Lipinski definition) is 3. The molecule has 0 bridgehead atoms. The number of aliphatic hydroxyl groups is 1. The van der Waals surface area contributed by atoms with E-state index in [1.165, 1.54) is 4.90 Å². The number of aliphatic carboxylic acids is 1. The number of aryl methyl sites for hydroxylation is 1. The van der Waals surface area contributed by atoms with Crippen LogP contribution in [0.5, 0.6) is 0 Å². The fourth-order valence-electron chi connectivity index (χ4n) is 1.70. The summed E-state index contributed by atoms with van der Waals surface area (Å²) in [6.07, 6.45) is 0.886. The third-order valence-electron chi connectivity index (χ3n) is 3.05. The number of benzene rings is 1. The Labute approximate surface area is 118 Å². The number of carbonyl (C=O) groups excluding carboxylic acids is 1. The second-order valence-electron chi connectivity index (χ2n) is 4.43. The lowest BCUT2D eigenvalue weighted by atomic mass is 10.1. The lowest BCUT2D eigenvalue weighted by Crippen LogP contribution is -2.47. The van der Waals surface area contributed by atoms with Crippen molar-refractivity contribution >= 4 is 17.7 Å². The Morgan fingerprint density at radius 3 is 2.35 bits per heavy atom. The highest BCUT2D eigenvalue weighted by molar-refractivity contribution is 5.93. The fraction of sp³-hybridized carbons (Fsp3) is 0.429. The molecule has 0 radical (unpaired) electrons. The summed E-state index contributed by atoms with van der Waals surface area (Å²) >= 11 is 0. The molecule has 0 fully saturated rings. The number of carboxylic acid groups (broad SMARTS) is 1. The third kappa shape index (κ3) is 4.24. The van der Waals surface area contributed by atoms with Gasteiger partial charge in [-0.15, -0.1) is 0 Å². The summed E-state index contributed by atoms with van der Waals surface area (Å²) in [7, 11) is 1.56. The summed E-state index contributed by atoms with van der Waals surface area (Å²) in [4.78, 5) is 24.2. The molecule has 1 aromatic carbocycles. The lowest BCUT2D eigenvalue weighted by Gasteiger charge is -2.21. The zero-order chi connectivity index (χ0) is 15.1. The maximum atomic E-state index is 12.0. The van der Waals surface area contributed by atoms with Gasteiger partial charge in [-0.25, -0.2) is 9.59 Å². The highest BCUT2D eigenvalue weighted by atomic mass is 16.4. The molecule has 6 nitrogen and oxygen atoms in total. The summed E-state index contributed by atoms with van der Waals surface area (Å²) < 4.78 is 0. The number of nitrogens with zero attached hydrogens (tertiary/aromatic N) is 1. The van der Waals surface area contributed by atoms with Gasteiger partial charge in [0.2, 0.25) is 0 Å². The Bertz CT molecular complexity index is 459. The smallest absolute Gasteiger partial charge is 0.326 e. The van der Waals surface area contributed by atoms with Gasteiger partial charge in [-0.05, 0) is 24.1 Å². The molecular weight excluding hydrogens is 260 g/mol. The van der Waals surface area contributed by atoms with Crippen LogP contribution in [0.4, 0.5) is 10.5 Å². The second kappa shape index (κ2) is 7.49. The normalized spacial score (nSPS) is 11.8. The number of aliphatic hydroxyl groups excluding tert-OH is 1. The molecule has 20 heavy (non-hydrogen) atoms. The zero-order valence-corrected chi connectivity index (χ0v) is 11.7. The number of rotatable bonds is 6. The van der Waals surface area contributed by atoms with E-state index in [1.807, 2.05) is 19.1 Å². The van der Waals surface area contributed by atoms with E-state index in [9.17, 15) is 9.59 Å². The van der Waals surface area contributed by atoms with Gasteiger partial charge in [-0.3, -0.25) is 4.90 Å². The van der Waals surface area contributed by atoms with Crippen molar-refractivity contribution in [3.05, 3.63) is 29.8 Å². The first-order valence-electron chi connectivity index (χ1n) is 6.46. The van der Waals surface area contributed by atoms with Gasteiger partial charge in [0.1, 0.15) is 6.04 Å². The first kappa shape index (κ1) is 16.0. The second-order valence-corrected chi connectivity index (χ2v) is 4.43. The van der Waals surface area contributed by atoms with Crippen molar-refractivity contribution in [2.75, 3.05) is 18.6 Å². The Morgan fingerprint density at radius 1 is 1.30 bits per heavy atom. The molecule has 0 spiro atoms. The van der Waals surface area contributed by atoms with Crippen LogP contribution in [-0.4, -0.2) is 41.9 Å².